The van der Waals surface area contributed by atoms with Gasteiger partial charge in [-0.05, 0) is 42.3 Å². The second kappa shape index (κ2) is 5.71. The maximum absolute atomic E-state index is 12.5. The van der Waals surface area contributed by atoms with Crippen molar-refractivity contribution in [2.75, 3.05) is 5.73 Å². The molecule has 2 aromatic rings. The number of aryl methyl sites for hydroxylation is 1. The van der Waals surface area contributed by atoms with Crippen LogP contribution in [0.5, 0.6) is 0 Å². The summed E-state index contributed by atoms with van der Waals surface area (Å²) in [6.45, 7) is 1.69. The molecule has 4 N–H and O–H groups in total. The van der Waals surface area contributed by atoms with Crippen LogP contribution in [-0.4, -0.2) is 16.8 Å². The Kier molecular flexibility index (Phi) is 4.28. The third kappa shape index (κ3) is 3.65. The molecule has 0 bridgehead atoms. The van der Waals surface area contributed by atoms with E-state index < -0.39 is 19.9 Å². The second-order valence-corrected chi connectivity index (χ2v) is 8.49. The maximum atomic E-state index is 12.5. The zero-order valence-electron chi connectivity index (χ0n) is 11.9. The van der Waals surface area contributed by atoms with Crippen LogP contribution < -0.4 is 10.9 Å². The Hall–Kier alpha value is -1.90. The smallest absolute Gasteiger partial charge is 0.238 e. The quantitative estimate of drug-likeness (QED) is 0.810. The fourth-order valence-electron chi connectivity index (χ4n) is 2.02. The highest BCUT2D eigenvalue weighted by atomic mass is 32.2. The number of sulfone groups is 1. The zero-order chi connectivity index (χ0) is 16.5. The lowest BCUT2D eigenvalue weighted by Crippen LogP contribution is -2.12. The molecule has 0 unspecified atom stereocenters. The predicted molar refractivity (Wildman–Crippen MR) is 84.3 cm³/mol. The minimum atomic E-state index is -3.79. The van der Waals surface area contributed by atoms with Crippen molar-refractivity contribution in [2.24, 2.45) is 5.14 Å². The van der Waals surface area contributed by atoms with E-state index in [-0.39, 0.29) is 15.5 Å². The van der Waals surface area contributed by atoms with E-state index in [1.807, 2.05) is 0 Å². The molecule has 6 nitrogen and oxygen atoms in total. The number of nitrogens with two attached hydrogens (primary N) is 2. The van der Waals surface area contributed by atoms with Gasteiger partial charge in [-0.25, -0.2) is 22.0 Å². The first-order chi connectivity index (χ1) is 10.1. The van der Waals surface area contributed by atoms with E-state index in [0.717, 1.165) is 0 Å². The molecule has 0 radical (unpaired) electrons. The summed E-state index contributed by atoms with van der Waals surface area (Å²) in [4.78, 5) is 0.108. The molecule has 0 spiro atoms. The summed E-state index contributed by atoms with van der Waals surface area (Å²) >= 11 is 0. The zero-order valence-corrected chi connectivity index (χ0v) is 13.5. The van der Waals surface area contributed by atoms with Crippen molar-refractivity contribution in [2.45, 2.75) is 22.5 Å². The van der Waals surface area contributed by atoms with E-state index in [1.54, 1.807) is 19.1 Å². The number of rotatable bonds is 4. The Labute approximate surface area is 129 Å². The predicted octanol–water partition coefficient (Wildman–Crippen LogP) is 1.20. The van der Waals surface area contributed by atoms with Crippen LogP contribution in [0.2, 0.25) is 0 Å². The van der Waals surface area contributed by atoms with E-state index in [0.29, 0.717) is 16.8 Å². The lowest BCUT2D eigenvalue weighted by Gasteiger charge is -2.09. The summed E-state index contributed by atoms with van der Waals surface area (Å²) in [5.74, 6) is -0.248. The van der Waals surface area contributed by atoms with Crippen molar-refractivity contribution in [3.63, 3.8) is 0 Å². The summed E-state index contributed by atoms with van der Waals surface area (Å²) in [5, 5.41) is 5.00. The summed E-state index contributed by atoms with van der Waals surface area (Å²) in [5.41, 5.74) is 7.08. The minimum absolute atomic E-state index is 0.0613. The van der Waals surface area contributed by atoms with Gasteiger partial charge in [0.1, 0.15) is 0 Å². The van der Waals surface area contributed by atoms with E-state index >= 15 is 0 Å². The standard InChI is InChI=1S/C14H16N2O4S2/c1-10-2-5-12(15)8-14(10)21(17,18)9-11-3-6-13(7-4-11)22(16,19)20/h2-8H,9,15H2,1H3,(H2,16,19,20). The highest BCUT2D eigenvalue weighted by Crippen LogP contribution is 2.23. The van der Waals surface area contributed by atoms with E-state index in [2.05, 4.69) is 0 Å². The monoisotopic (exact) mass is 340 g/mol. The molecule has 118 valence electrons. The van der Waals surface area contributed by atoms with E-state index in [9.17, 15) is 16.8 Å². The molecule has 0 aromatic heterocycles. The molecule has 0 atom stereocenters. The van der Waals surface area contributed by atoms with Crippen molar-refractivity contribution in [3.8, 4) is 0 Å². The molecule has 0 aliphatic heterocycles. The topological polar surface area (TPSA) is 120 Å². The number of nitrogen functional groups attached to an aromatic ring is 1. The Balaban J connectivity index is 2.35. The normalized spacial score (nSPS) is 12.3. The molecule has 0 aliphatic rings. The third-order valence-electron chi connectivity index (χ3n) is 3.16. The molecule has 22 heavy (non-hydrogen) atoms. The van der Waals surface area contributed by atoms with Crippen molar-refractivity contribution in [3.05, 3.63) is 53.6 Å². The molecule has 0 fully saturated rings. The van der Waals surface area contributed by atoms with Crippen LogP contribution in [-0.2, 0) is 25.6 Å². The van der Waals surface area contributed by atoms with Gasteiger partial charge in [0, 0.05) is 5.69 Å². The number of anilines is 1. The first kappa shape index (κ1) is 16.5. The fourth-order valence-corrected chi connectivity index (χ4v) is 4.20. The second-order valence-electron chi connectivity index (χ2n) is 4.97. The fraction of sp³-hybridized carbons (Fsp3) is 0.143. The molecular formula is C14H16N2O4S2. The Bertz CT molecular complexity index is 902. The van der Waals surface area contributed by atoms with Gasteiger partial charge < -0.3 is 5.73 Å². The van der Waals surface area contributed by atoms with Crippen LogP contribution in [0, 0.1) is 6.92 Å². The van der Waals surface area contributed by atoms with Gasteiger partial charge in [-0.3, -0.25) is 0 Å². The van der Waals surface area contributed by atoms with Gasteiger partial charge in [0.15, 0.2) is 9.84 Å². The molecule has 0 amide bonds. The summed E-state index contributed by atoms with van der Waals surface area (Å²) in [7, 11) is -7.37. The molecule has 0 aliphatic carbocycles. The Morgan fingerprint density at radius 3 is 2.09 bits per heavy atom. The highest BCUT2D eigenvalue weighted by Gasteiger charge is 2.18. The minimum Gasteiger partial charge on any atom is -0.399 e. The molecule has 0 saturated heterocycles. The lowest BCUT2D eigenvalue weighted by atomic mass is 10.2. The van der Waals surface area contributed by atoms with Crippen molar-refractivity contribution in [1.29, 1.82) is 0 Å². The number of hydrogen-bond acceptors (Lipinski definition) is 5. The Morgan fingerprint density at radius 1 is 0.955 bits per heavy atom. The first-order valence-corrected chi connectivity index (χ1v) is 9.50. The molecular weight excluding hydrogens is 324 g/mol. The van der Waals surface area contributed by atoms with Gasteiger partial charge in [0.2, 0.25) is 10.0 Å². The first-order valence-electron chi connectivity index (χ1n) is 6.30. The summed E-state index contributed by atoms with van der Waals surface area (Å²) in [6, 6.07) is 10.1. The molecule has 0 saturated carbocycles. The third-order valence-corrected chi connectivity index (χ3v) is 5.91. The maximum Gasteiger partial charge on any atom is 0.238 e. The number of hydrogen-bond donors (Lipinski definition) is 2. The SMILES string of the molecule is Cc1ccc(N)cc1S(=O)(=O)Cc1ccc(S(N)(=O)=O)cc1. The van der Waals surface area contributed by atoms with Gasteiger partial charge >= 0.3 is 0 Å². The average Bonchev–Trinajstić information content (AvgIpc) is 2.40. The van der Waals surface area contributed by atoms with Crippen molar-refractivity contribution in [1.82, 2.24) is 0 Å². The lowest BCUT2D eigenvalue weighted by molar-refractivity contribution is 0.594. The van der Waals surface area contributed by atoms with Crippen molar-refractivity contribution >= 4 is 25.5 Å². The van der Waals surface area contributed by atoms with Crippen LogP contribution in [0.15, 0.2) is 52.3 Å². The van der Waals surface area contributed by atoms with Crippen LogP contribution in [0.25, 0.3) is 0 Å². The van der Waals surface area contributed by atoms with Gasteiger partial charge in [-0.2, -0.15) is 0 Å². The number of benzene rings is 2. The molecule has 2 aromatic carbocycles. The number of primary sulfonamides is 1. The Morgan fingerprint density at radius 2 is 1.55 bits per heavy atom. The van der Waals surface area contributed by atoms with Crippen LogP contribution in [0.3, 0.4) is 0 Å². The average molecular weight is 340 g/mol. The number of sulfonamides is 1. The van der Waals surface area contributed by atoms with Gasteiger partial charge in [-0.15, -0.1) is 0 Å². The van der Waals surface area contributed by atoms with Gasteiger partial charge in [-0.1, -0.05) is 18.2 Å². The van der Waals surface area contributed by atoms with Gasteiger partial charge in [0.25, 0.3) is 0 Å². The molecule has 8 heteroatoms. The summed E-state index contributed by atoms with van der Waals surface area (Å²) < 4.78 is 47.3. The van der Waals surface area contributed by atoms with Crippen LogP contribution in [0.4, 0.5) is 5.69 Å². The summed E-state index contributed by atoms with van der Waals surface area (Å²) in [6.07, 6.45) is 0. The van der Waals surface area contributed by atoms with E-state index in [4.69, 9.17) is 10.9 Å². The largest absolute Gasteiger partial charge is 0.399 e. The highest BCUT2D eigenvalue weighted by molar-refractivity contribution is 7.90. The van der Waals surface area contributed by atoms with Crippen LogP contribution in [0.1, 0.15) is 11.1 Å². The van der Waals surface area contributed by atoms with Gasteiger partial charge in [0.05, 0.1) is 15.5 Å². The van der Waals surface area contributed by atoms with Crippen LogP contribution >= 0.6 is 0 Å². The molecule has 0 heterocycles. The van der Waals surface area contributed by atoms with Crippen molar-refractivity contribution < 1.29 is 16.8 Å². The van der Waals surface area contributed by atoms with E-state index in [1.165, 1.54) is 30.3 Å². The molecule has 2 rings (SSSR count).